The van der Waals surface area contributed by atoms with E-state index in [9.17, 15) is 14.4 Å². The highest BCUT2D eigenvalue weighted by molar-refractivity contribution is 6.11. The first-order chi connectivity index (χ1) is 10.4. The Bertz CT molecular complexity index is 459. The molecule has 0 aliphatic carbocycles. The predicted octanol–water partition coefficient (Wildman–Crippen LogP) is 1.91. The average molecular weight is 310 g/mol. The second-order valence-corrected chi connectivity index (χ2v) is 5.90. The molecule has 6 heteroatoms. The molecule has 0 aromatic heterocycles. The number of carboxylic acids is 1. The minimum Gasteiger partial charge on any atom is -0.481 e. The molecular weight excluding hydrogens is 284 g/mol. The van der Waals surface area contributed by atoms with Crippen molar-refractivity contribution in [2.24, 2.45) is 5.92 Å². The first-order valence-electron chi connectivity index (χ1n) is 7.86. The molecule has 0 fully saturated rings. The second-order valence-electron chi connectivity index (χ2n) is 5.90. The molecule has 2 N–H and O–H groups in total. The fourth-order valence-electron chi connectivity index (χ4n) is 2.74. The molecule has 22 heavy (non-hydrogen) atoms. The largest absolute Gasteiger partial charge is 0.481 e. The fraction of sp³-hybridized carbons (Fsp3) is 0.688. The Hall–Kier alpha value is -1.85. The third kappa shape index (κ3) is 3.87. The van der Waals surface area contributed by atoms with E-state index in [2.05, 4.69) is 5.32 Å². The van der Waals surface area contributed by atoms with E-state index >= 15 is 0 Å². The summed E-state index contributed by atoms with van der Waals surface area (Å²) in [5.74, 6) is -1.26. The van der Waals surface area contributed by atoms with Gasteiger partial charge in [-0.25, -0.2) is 0 Å². The number of Topliss-reactive ketones (excluding diaryl/α,β-unsaturated/α-hetero) is 1. The molecule has 1 heterocycles. The Kier molecular flexibility index (Phi) is 6.59. The number of amides is 1. The van der Waals surface area contributed by atoms with Gasteiger partial charge in [0.05, 0.1) is 0 Å². The van der Waals surface area contributed by atoms with Gasteiger partial charge in [0.25, 0.3) is 5.91 Å². The molecular formula is C16H26N2O4. The Morgan fingerprint density at radius 1 is 1.32 bits per heavy atom. The molecule has 1 amide bonds. The maximum absolute atomic E-state index is 12.8. The van der Waals surface area contributed by atoms with Gasteiger partial charge in [-0.2, -0.15) is 0 Å². The second kappa shape index (κ2) is 7.96. The van der Waals surface area contributed by atoms with Crippen LogP contribution >= 0.6 is 0 Å². The molecule has 0 saturated carbocycles. The highest BCUT2D eigenvalue weighted by atomic mass is 16.4. The van der Waals surface area contributed by atoms with E-state index in [1.54, 1.807) is 24.2 Å². The number of nitrogens with one attached hydrogen (secondary N) is 1. The van der Waals surface area contributed by atoms with E-state index in [1.807, 2.05) is 13.8 Å². The molecule has 1 rings (SSSR count). The smallest absolute Gasteiger partial charge is 0.303 e. The van der Waals surface area contributed by atoms with Crippen molar-refractivity contribution in [3.8, 4) is 0 Å². The number of aliphatic carboxylic acids is 1. The summed E-state index contributed by atoms with van der Waals surface area (Å²) in [7, 11) is 0. The van der Waals surface area contributed by atoms with Crippen molar-refractivity contribution in [1.82, 2.24) is 10.2 Å². The van der Waals surface area contributed by atoms with Crippen LogP contribution in [0.3, 0.4) is 0 Å². The Labute approximate surface area is 131 Å². The SMILES string of the molecule is CCC(=O)C1(C(C)C)NC=CN(CCCCCC(=O)O)C1=O. The molecule has 1 aliphatic heterocycles. The quantitative estimate of drug-likeness (QED) is 0.502. The van der Waals surface area contributed by atoms with Crippen LogP contribution in [0.25, 0.3) is 0 Å². The number of unbranched alkanes of at least 4 members (excludes halogenated alkanes) is 2. The van der Waals surface area contributed by atoms with Crippen LogP contribution in [0.4, 0.5) is 0 Å². The van der Waals surface area contributed by atoms with Gasteiger partial charge in [0.1, 0.15) is 0 Å². The molecule has 0 saturated heterocycles. The van der Waals surface area contributed by atoms with Crippen molar-refractivity contribution in [3.05, 3.63) is 12.4 Å². The van der Waals surface area contributed by atoms with Crippen LogP contribution in [0, 0.1) is 5.92 Å². The lowest BCUT2D eigenvalue weighted by Crippen LogP contribution is -2.65. The van der Waals surface area contributed by atoms with Crippen LogP contribution in [0.1, 0.15) is 52.9 Å². The number of hydrogen-bond acceptors (Lipinski definition) is 4. The Morgan fingerprint density at radius 2 is 2.00 bits per heavy atom. The lowest BCUT2D eigenvalue weighted by molar-refractivity contribution is -0.146. The predicted molar refractivity (Wildman–Crippen MR) is 83.0 cm³/mol. The Morgan fingerprint density at radius 3 is 2.55 bits per heavy atom. The van der Waals surface area contributed by atoms with Gasteiger partial charge in [0, 0.05) is 31.8 Å². The number of carboxylic acid groups (broad SMARTS) is 1. The first kappa shape index (κ1) is 18.2. The van der Waals surface area contributed by atoms with E-state index in [1.165, 1.54) is 0 Å². The van der Waals surface area contributed by atoms with Crippen LogP contribution in [-0.2, 0) is 14.4 Å². The Balaban J connectivity index is 2.69. The van der Waals surface area contributed by atoms with Gasteiger partial charge in [0.15, 0.2) is 11.3 Å². The van der Waals surface area contributed by atoms with E-state index in [-0.39, 0.29) is 24.0 Å². The zero-order valence-electron chi connectivity index (χ0n) is 13.6. The van der Waals surface area contributed by atoms with Crippen LogP contribution in [0.2, 0.25) is 0 Å². The summed E-state index contributed by atoms with van der Waals surface area (Å²) in [6, 6.07) is 0. The number of hydrogen-bond donors (Lipinski definition) is 2. The summed E-state index contributed by atoms with van der Waals surface area (Å²) in [4.78, 5) is 37.1. The lowest BCUT2D eigenvalue weighted by atomic mass is 9.79. The minimum atomic E-state index is -1.18. The van der Waals surface area contributed by atoms with Crippen molar-refractivity contribution in [2.45, 2.75) is 58.4 Å². The zero-order valence-corrected chi connectivity index (χ0v) is 13.6. The van der Waals surface area contributed by atoms with E-state index in [0.29, 0.717) is 19.4 Å². The van der Waals surface area contributed by atoms with Crippen molar-refractivity contribution < 1.29 is 19.5 Å². The van der Waals surface area contributed by atoms with E-state index in [0.717, 1.165) is 12.8 Å². The van der Waals surface area contributed by atoms with Crippen molar-refractivity contribution in [3.63, 3.8) is 0 Å². The molecule has 1 unspecified atom stereocenters. The maximum Gasteiger partial charge on any atom is 0.303 e. The summed E-state index contributed by atoms with van der Waals surface area (Å²) in [5.41, 5.74) is -1.18. The van der Waals surface area contributed by atoms with Gasteiger partial charge in [-0.1, -0.05) is 27.2 Å². The van der Waals surface area contributed by atoms with Crippen molar-refractivity contribution >= 4 is 17.7 Å². The van der Waals surface area contributed by atoms with Gasteiger partial charge < -0.3 is 15.3 Å². The lowest BCUT2D eigenvalue weighted by Gasteiger charge is -2.41. The maximum atomic E-state index is 12.8. The van der Waals surface area contributed by atoms with Gasteiger partial charge in [-0.3, -0.25) is 14.4 Å². The number of nitrogens with zero attached hydrogens (tertiary/aromatic N) is 1. The van der Waals surface area contributed by atoms with Crippen LogP contribution in [0.5, 0.6) is 0 Å². The summed E-state index contributed by atoms with van der Waals surface area (Å²) in [5, 5.41) is 11.6. The van der Waals surface area contributed by atoms with Crippen LogP contribution < -0.4 is 5.32 Å². The summed E-state index contributed by atoms with van der Waals surface area (Å²) in [6.45, 7) is 5.99. The van der Waals surface area contributed by atoms with E-state index < -0.39 is 11.5 Å². The molecule has 0 aromatic carbocycles. The highest BCUT2D eigenvalue weighted by Gasteiger charge is 2.49. The summed E-state index contributed by atoms with van der Waals surface area (Å²) < 4.78 is 0. The molecule has 0 radical (unpaired) electrons. The van der Waals surface area contributed by atoms with Gasteiger partial charge in [0.2, 0.25) is 0 Å². The fourth-order valence-corrected chi connectivity index (χ4v) is 2.74. The summed E-state index contributed by atoms with van der Waals surface area (Å²) >= 11 is 0. The molecule has 0 spiro atoms. The standard InChI is InChI=1S/C16H26N2O4/c1-4-13(19)16(12(2)3)15(22)18(11-9-17-16)10-7-5-6-8-14(20)21/h9,11-12,17H,4-8,10H2,1-3H3,(H,20,21). The first-order valence-corrected chi connectivity index (χ1v) is 7.86. The highest BCUT2D eigenvalue weighted by Crippen LogP contribution is 2.26. The average Bonchev–Trinajstić information content (AvgIpc) is 2.47. The van der Waals surface area contributed by atoms with Crippen molar-refractivity contribution in [2.75, 3.05) is 6.54 Å². The van der Waals surface area contributed by atoms with E-state index in [4.69, 9.17) is 5.11 Å². The number of carbonyl (C=O) groups excluding carboxylic acids is 2. The van der Waals surface area contributed by atoms with Gasteiger partial charge in [-0.15, -0.1) is 0 Å². The third-order valence-electron chi connectivity index (χ3n) is 4.08. The third-order valence-corrected chi connectivity index (χ3v) is 4.08. The van der Waals surface area contributed by atoms with Crippen LogP contribution in [0.15, 0.2) is 12.4 Å². The molecule has 1 atom stereocenters. The number of ketones is 1. The topological polar surface area (TPSA) is 86.7 Å². The normalized spacial score (nSPS) is 21.1. The molecule has 6 nitrogen and oxygen atoms in total. The van der Waals surface area contributed by atoms with Gasteiger partial charge >= 0.3 is 5.97 Å². The number of carbonyl (C=O) groups is 3. The molecule has 0 bridgehead atoms. The van der Waals surface area contributed by atoms with Crippen molar-refractivity contribution in [1.29, 1.82) is 0 Å². The minimum absolute atomic E-state index is 0.104. The summed E-state index contributed by atoms with van der Waals surface area (Å²) in [6.07, 6.45) is 5.83. The molecule has 124 valence electrons. The molecule has 0 aromatic rings. The monoisotopic (exact) mass is 310 g/mol. The van der Waals surface area contributed by atoms with Gasteiger partial charge in [-0.05, 0) is 18.8 Å². The zero-order chi connectivity index (χ0) is 16.8. The van der Waals surface area contributed by atoms with Crippen LogP contribution in [-0.4, -0.2) is 39.7 Å². The number of rotatable bonds is 9. The molecule has 1 aliphatic rings.